The number of hydrogen-bond acceptors (Lipinski definition) is 4. The van der Waals surface area contributed by atoms with Crippen molar-refractivity contribution in [3.05, 3.63) is 0 Å². The third kappa shape index (κ3) is 6.35. The van der Waals surface area contributed by atoms with Crippen molar-refractivity contribution in [2.45, 2.75) is 58.0 Å². The number of carbonyl (C=O) groups excluding carboxylic acids is 1. The van der Waals surface area contributed by atoms with Gasteiger partial charge in [0.1, 0.15) is 0 Å². The number of piperazine rings is 1. The predicted octanol–water partition coefficient (Wildman–Crippen LogP) is 0.723. The molecule has 0 spiro atoms. The van der Waals surface area contributed by atoms with Crippen molar-refractivity contribution < 1.29 is 4.79 Å². The van der Waals surface area contributed by atoms with E-state index in [0.29, 0.717) is 18.6 Å². The first-order valence-electron chi connectivity index (χ1n) is 11.0. The normalized spacial score (nSPS) is 25.5. The number of guanidine groups is 1. The van der Waals surface area contributed by atoms with Crippen molar-refractivity contribution in [3.8, 4) is 0 Å². The van der Waals surface area contributed by atoms with E-state index in [2.05, 4.69) is 39.2 Å². The van der Waals surface area contributed by atoms with Crippen LogP contribution < -0.4 is 10.6 Å². The maximum absolute atomic E-state index is 12.0. The molecule has 0 aromatic heterocycles. The van der Waals surface area contributed by atoms with Gasteiger partial charge in [0, 0.05) is 44.8 Å². The minimum atomic E-state index is 0.184. The molecule has 3 aliphatic rings. The highest BCUT2D eigenvalue weighted by molar-refractivity contribution is 5.80. The quantitative estimate of drug-likeness (QED) is 0.505. The van der Waals surface area contributed by atoms with Gasteiger partial charge >= 0.3 is 0 Å². The lowest BCUT2D eigenvalue weighted by molar-refractivity contribution is -0.122. The first-order chi connectivity index (χ1) is 13.2. The van der Waals surface area contributed by atoms with Gasteiger partial charge < -0.3 is 15.5 Å². The molecule has 27 heavy (non-hydrogen) atoms. The number of nitrogens with zero attached hydrogens (tertiary/aromatic N) is 4. The maximum Gasteiger partial charge on any atom is 0.234 e. The summed E-state index contributed by atoms with van der Waals surface area (Å²) in [5.41, 5.74) is 0. The van der Waals surface area contributed by atoms with Crippen LogP contribution in [0.1, 0.15) is 46.0 Å². The van der Waals surface area contributed by atoms with Crippen LogP contribution in [0.4, 0.5) is 0 Å². The van der Waals surface area contributed by atoms with Gasteiger partial charge in [-0.3, -0.25) is 19.6 Å². The van der Waals surface area contributed by atoms with Crippen LogP contribution >= 0.6 is 0 Å². The zero-order valence-electron chi connectivity index (χ0n) is 17.3. The number of rotatable bonds is 7. The Morgan fingerprint density at radius 2 is 1.81 bits per heavy atom. The highest BCUT2D eigenvalue weighted by Crippen LogP contribution is 2.18. The Kier molecular flexibility index (Phi) is 7.76. The molecule has 0 radical (unpaired) electrons. The standard InChI is InChI=1S/C20H38N6O/c1-3-21-20(22-15-18-7-5-6-10-25(18)4-2)26-13-11-24(12-14-26)16-19(27)23-17-8-9-17/h17-18H,3-16H2,1-2H3,(H,21,22)(H,23,27). The second-order valence-corrected chi connectivity index (χ2v) is 8.08. The molecule has 0 aromatic carbocycles. The molecule has 2 heterocycles. The minimum absolute atomic E-state index is 0.184. The minimum Gasteiger partial charge on any atom is -0.357 e. The average Bonchev–Trinajstić information content (AvgIpc) is 3.50. The zero-order chi connectivity index (χ0) is 19.1. The molecule has 0 bridgehead atoms. The summed E-state index contributed by atoms with van der Waals surface area (Å²) in [6, 6.07) is 1.04. The number of carbonyl (C=O) groups is 1. The fourth-order valence-corrected chi connectivity index (χ4v) is 4.12. The molecule has 7 nitrogen and oxygen atoms in total. The molecule has 1 atom stereocenters. The van der Waals surface area contributed by atoms with Crippen molar-refractivity contribution in [2.75, 3.05) is 58.9 Å². The molecule has 1 aliphatic carbocycles. The largest absolute Gasteiger partial charge is 0.357 e. The summed E-state index contributed by atoms with van der Waals surface area (Å²) < 4.78 is 0. The Bertz CT molecular complexity index is 499. The number of piperidine rings is 1. The second kappa shape index (κ2) is 10.3. The fraction of sp³-hybridized carbons (Fsp3) is 0.900. The molecule has 0 aromatic rings. The number of hydrogen-bond donors (Lipinski definition) is 2. The number of nitrogens with one attached hydrogen (secondary N) is 2. The Balaban J connectivity index is 1.47. The molecule has 3 rings (SSSR count). The zero-order valence-corrected chi connectivity index (χ0v) is 17.3. The Labute approximate surface area is 164 Å². The van der Waals surface area contributed by atoms with Gasteiger partial charge in [0.15, 0.2) is 5.96 Å². The highest BCUT2D eigenvalue weighted by Gasteiger charge is 2.26. The van der Waals surface area contributed by atoms with Crippen LogP contribution in [0.15, 0.2) is 4.99 Å². The molecule has 2 N–H and O–H groups in total. The summed E-state index contributed by atoms with van der Waals surface area (Å²) >= 11 is 0. The van der Waals surface area contributed by atoms with Crippen LogP contribution in [-0.4, -0.2) is 97.6 Å². The van der Waals surface area contributed by atoms with Crippen molar-refractivity contribution in [3.63, 3.8) is 0 Å². The van der Waals surface area contributed by atoms with Gasteiger partial charge in [0.2, 0.25) is 5.91 Å². The number of likely N-dealkylation sites (N-methyl/N-ethyl adjacent to an activating group) is 1. The van der Waals surface area contributed by atoms with Crippen molar-refractivity contribution in [1.82, 2.24) is 25.3 Å². The van der Waals surface area contributed by atoms with Crippen molar-refractivity contribution >= 4 is 11.9 Å². The van der Waals surface area contributed by atoms with Crippen LogP contribution in [0.25, 0.3) is 0 Å². The first kappa shape index (κ1) is 20.4. The summed E-state index contributed by atoms with van der Waals surface area (Å²) in [4.78, 5) is 24.2. The van der Waals surface area contributed by atoms with Crippen molar-refractivity contribution in [2.24, 2.45) is 4.99 Å². The smallest absolute Gasteiger partial charge is 0.234 e. The van der Waals surface area contributed by atoms with Gasteiger partial charge in [-0.15, -0.1) is 0 Å². The molecule has 2 saturated heterocycles. The lowest BCUT2D eigenvalue weighted by atomic mass is 10.0. The highest BCUT2D eigenvalue weighted by atomic mass is 16.2. The third-order valence-electron chi connectivity index (χ3n) is 5.92. The Morgan fingerprint density at radius 3 is 2.48 bits per heavy atom. The molecule has 1 saturated carbocycles. The second-order valence-electron chi connectivity index (χ2n) is 8.08. The fourth-order valence-electron chi connectivity index (χ4n) is 4.12. The van der Waals surface area contributed by atoms with Gasteiger partial charge in [-0.1, -0.05) is 13.3 Å². The van der Waals surface area contributed by atoms with Gasteiger partial charge in [0.05, 0.1) is 13.1 Å². The van der Waals surface area contributed by atoms with Crippen LogP contribution in [0, 0.1) is 0 Å². The molecule has 1 amide bonds. The van der Waals surface area contributed by atoms with E-state index in [1.807, 2.05) is 0 Å². The molecule has 154 valence electrons. The third-order valence-corrected chi connectivity index (χ3v) is 5.92. The summed E-state index contributed by atoms with van der Waals surface area (Å²) in [5.74, 6) is 1.23. The van der Waals surface area contributed by atoms with E-state index in [1.165, 1.54) is 25.8 Å². The predicted molar refractivity (Wildman–Crippen MR) is 110 cm³/mol. The Morgan fingerprint density at radius 1 is 1.04 bits per heavy atom. The molecular weight excluding hydrogens is 340 g/mol. The van der Waals surface area contributed by atoms with E-state index >= 15 is 0 Å². The Hall–Kier alpha value is -1.34. The van der Waals surface area contributed by atoms with Crippen LogP contribution in [0.5, 0.6) is 0 Å². The van der Waals surface area contributed by atoms with Crippen LogP contribution in [0.2, 0.25) is 0 Å². The summed E-state index contributed by atoms with van der Waals surface area (Å²) in [7, 11) is 0. The topological polar surface area (TPSA) is 63.2 Å². The van der Waals surface area contributed by atoms with Crippen LogP contribution in [-0.2, 0) is 4.79 Å². The molecule has 3 fully saturated rings. The monoisotopic (exact) mass is 378 g/mol. The van der Waals surface area contributed by atoms with Gasteiger partial charge in [-0.05, 0) is 45.7 Å². The number of aliphatic imine (C=N–C) groups is 1. The van der Waals surface area contributed by atoms with E-state index in [4.69, 9.17) is 4.99 Å². The van der Waals surface area contributed by atoms with Gasteiger partial charge in [0.25, 0.3) is 0 Å². The van der Waals surface area contributed by atoms with Crippen molar-refractivity contribution in [1.29, 1.82) is 0 Å². The average molecular weight is 379 g/mol. The SMILES string of the molecule is CCNC(=NCC1CCCCN1CC)N1CCN(CC(=O)NC2CC2)CC1. The molecular formula is C20H38N6O. The van der Waals surface area contributed by atoms with E-state index < -0.39 is 0 Å². The number of amides is 1. The number of likely N-dealkylation sites (tertiary alicyclic amines) is 1. The summed E-state index contributed by atoms with van der Waals surface area (Å²) in [5, 5.41) is 6.56. The van der Waals surface area contributed by atoms with Gasteiger partial charge in [-0.2, -0.15) is 0 Å². The summed E-state index contributed by atoms with van der Waals surface area (Å²) in [6.07, 6.45) is 6.22. The van der Waals surface area contributed by atoms with E-state index in [-0.39, 0.29) is 5.91 Å². The van der Waals surface area contributed by atoms with E-state index in [0.717, 1.165) is 64.6 Å². The van der Waals surface area contributed by atoms with E-state index in [9.17, 15) is 4.79 Å². The lowest BCUT2D eigenvalue weighted by Crippen LogP contribution is -2.54. The summed E-state index contributed by atoms with van der Waals surface area (Å²) in [6.45, 7) is 12.8. The molecule has 1 unspecified atom stereocenters. The first-order valence-corrected chi connectivity index (χ1v) is 11.0. The van der Waals surface area contributed by atoms with E-state index in [1.54, 1.807) is 0 Å². The molecule has 7 heteroatoms. The lowest BCUT2D eigenvalue weighted by Gasteiger charge is -2.37. The van der Waals surface area contributed by atoms with Gasteiger partial charge in [-0.25, -0.2) is 0 Å². The maximum atomic E-state index is 12.0. The van der Waals surface area contributed by atoms with Crippen LogP contribution in [0.3, 0.4) is 0 Å². The molecule has 2 aliphatic heterocycles.